The van der Waals surface area contributed by atoms with Crippen LogP contribution in [0.5, 0.6) is 0 Å². The summed E-state index contributed by atoms with van der Waals surface area (Å²) in [6.07, 6.45) is 2.26. The highest BCUT2D eigenvalue weighted by atomic mass is 35.5. The van der Waals surface area contributed by atoms with E-state index in [1.165, 1.54) is 4.57 Å². The van der Waals surface area contributed by atoms with Crippen molar-refractivity contribution in [1.29, 1.82) is 0 Å². The molecule has 1 aliphatic rings. The van der Waals surface area contributed by atoms with Gasteiger partial charge in [-0.15, -0.1) is 0 Å². The maximum Gasteiger partial charge on any atom is 0.297 e. The van der Waals surface area contributed by atoms with Crippen molar-refractivity contribution in [3.63, 3.8) is 0 Å². The summed E-state index contributed by atoms with van der Waals surface area (Å²) in [4.78, 5) is 22.3. The van der Waals surface area contributed by atoms with Gasteiger partial charge in [-0.2, -0.15) is 0 Å². The molecular weight excluding hydrogens is 390 g/mol. The number of hydrogen-bond acceptors (Lipinski definition) is 5. The molecule has 1 aromatic carbocycles. The van der Waals surface area contributed by atoms with Crippen molar-refractivity contribution in [3.8, 4) is 0 Å². The van der Waals surface area contributed by atoms with Crippen LogP contribution in [0.15, 0.2) is 39.8 Å². The van der Waals surface area contributed by atoms with Gasteiger partial charge in [-0.25, -0.2) is 9.97 Å². The Hall–Kier alpha value is -2.70. The first-order chi connectivity index (χ1) is 13.8. The molecular formula is C22H20ClN3O3. The van der Waals surface area contributed by atoms with E-state index in [-0.39, 0.29) is 16.7 Å². The van der Waals surface area contributed by atoms with Crippen LogP contribution in [0.25, 0.3) is 22.2 Å². The number of benzene rings is 1. The smallest absolute Gasteiger partial charge is 0.297 e. The average molecular weight is 410 g/mol. The number of aryl methyl sites for hydroxylation is 1. The molecule has 0 N–H and O–H groups in total. The molecule has 3 aromatic heterocycles. The van der Waals surface area contributed by atoms with Gasteiger partial charge in [0.25, 0.3) is 5.56 Å². The highest BCUT2D eigenvalue weighted by Crippen LogP contribution is 2.37. The van der Waals surface area contributed by atoms with Gasteiger partial charge in [0, 0.05) is 22.7 Å². The first-order valence-corrected chi connectivity index (χ1v) is 9.89. The van der Waals surface area contributed by atoms with Crippen molar-refractivity contribution >= 4 is 33.8 Å². The summed E-state index contributed by atoms with van der Waals surface area (Å²) in [5.41, 5.74) is 4.56. The van der Waals surface area contributed by atoms with E-state index in [0.717, 1.165) is 27.8 Å². The first-order valence-electron chi connectivity index (χ1n) is 9.51. The summed E-state index contributed by atoms with van der Waals surface area (Å²) in [5, 5.41) is 1.43. The Morgan fingerprint density at radius 2 is 2.03 bits per heavy atom. The van der Waals surface area contributed by atoms with Crippen LogP contribution in [-0.4, -0.2) is 20.1 Å². The lowest BCUT2D eigenvalue weighted by atomic mass is 9.89. The summed E-state index contributed by atoms with van der Waals surface area (Å²) in [6, 6.07) is 7.44. The molecule has 0 atom stereocenters. The zero-order valence-corrected chi connectivity index (χ0v) is 17.2. The van der Waals surface area contributed by atoms with Crippen molar-refractivity contribution in [3.05, 3.63) is 68.4 Å². The average Bonchev–Trinajstić information content (AvgIpc) is 3.04. The Bertz CT molecular complexity index is 1340. The Morgan fingerprint density at radius 1 is 1.24 bits per heavy atom. The Kier molecular flexibility index (Phi) is 4.05. The minimum atomic E-state index is -0.295. The number of fused-ring (bicyclic) bond motifs is 5. The van der Waals surface area contributed by atoms with Crippen LogP contribution in [-0.2, 0) is 24.3 Å². The highest BCUT2D eigenvalue weighted by Gasteiger charge is 2.31. The largest absolute Gasteiger partial charge is 0.430 e. The Labute approximate surface area is 172 Å². The van der Waals surface area contributed by atoms with Crippen molar-refractivity contribution in [1.82, 2.24) is 14.5 Å². The maximum atomic E-state index is 13.1. The van der Waals surface area contributed by atoms with E-state index in [9.17, 15) is 4.79 Å². The standard InChI is InChI=1S/C22H20ClN3O3/c1-12-15-10-28-22(2,3)8-14(15)17-18-19(29-20(17)25-12)21(27)26(11-24-18)9-13-6-4-5-7-16(13)23/h4-7,11H,8-10H2,1-3H3. The van der Waals surface area contributed by atoms with Gasteiger partial charge in [0.05, 0.1) is 30.5 Å². The third-order valence-electron chi connectivity index (χ3n) is 5.53. The van der Waals surface area contributed by atoms with Gasteiger partial charge >= 0.3 is 0 Å². The third-order valence-corrected chi connectivity index (χ3v) is 5.89. The Balaban J connectivity index is 1.72. The van der Waals surface area contributed by atoms with Crippen LogP contribution in [0.3, 0.4) is 0 Å². The fourth-order valence-corrected chi connectivity index (χ4v) is 4.18. The van der Waals surface area contributed by atoms with Gasteiger partial charge in [-0.3, -0.25) is 9.36 Å². The second kappa shape index (κ2) is 6.40. The number of aromatic nitrogens is 3. The zero-order valence-electron chi connectivity index (χ0n) is 16.5. The molecule has 5 rings (SSSR count). The Morgan fingerprint density at radius 3 is 2.83 bits per heavy atom. The number of ether oxygens (including phenoxy) is 1. The molecule has 4 heterocycles. The number of hydrogen-bond donors (Lipinski definition) is 0. The number of halogens is 1. The molecule has 0 amide bonds. The molecule has 4 aromatic rings. The van der Waals surface area contributed by atoms with E-state index in [4.69, 9.17) is 20.8 Å². The van der Waals surface area contributed by atoms with Gasteiger partial charge < -0.3 is 9.15 Å². The molecule has 0 saturated carbocycles. The van der Waals surface area contributed by atoms with Crippen molar-refractivity contribution in [2.45, 2.75) is 45.9 Å². The number of pyridine rings is 1. The fourth-order valence-electron chi connectivity index (χ4n) is 3.98. The lowest BCUT2D eigenvalue weighted by Gasteiger charge is -2.32. The minimum Gasteiger partial charge on any atom is -0.430 e. The summed E-state index contributed by atoms with van der Waals surface area (Å²) >= 11 is 6.25. The van der Waals surface area contributed by atoms with Crippen LogP contribution in [0.1, 0.15) is 36.2 Å². The van der Waals surface area contributed by atoms with Crippen LogP contribution in [0.4, 0.5) is 0 Å². The molecule has 0 spiro atoms. The predicted octanol–water partition coefficient (Wildman–Crippen LogP) is 4.40. The lowest BCUT2D eigenvalue weighted by molar-refractivity contribution is -0.0400. The number of nitrogens with zero attached hydrogens (tertiary/aromatic N) is 3. The van der Waals surface area contributed by atoms with Crippen molar-refractivity contribution < 1.29 is 9.15 Å². The van der Waals surface area contributed by atoms with Crippen LogP contribution in [0.2, 0.25) is 5.02 Å². The van der Waals surface area contributed by atoms with Crippen molar-refractivity contribution in [2.75, 3.05) is 0 Å². The van der Waals surface area contributed by atoms with Crippen molar-refractivity contribution in [2.24, 2.45) is 0 Å². The second-order valence-electron chi connectivity index (χ2n) is 8.11. The zero-order chi connectivity index (χ0) is 20.3. The van der Waals surface area contributed by atoms with Crippen LogP contribution < -0.4 is 5.56 Å². The van der Waals surface area contributed by atoms with Gasteiger partial charge in [0.15, 0.2) is 0 Å². The van der Waals surface area contributed by atoms with E-state index in [1.54, 1.807) is 12.4 Å². The molecule has 6 nitrogen and oxygen atoms in total. The molecule has 0 fully saturated rings. The highest BCUT2D eigenvalue weighted by molar-refractivity contribution is 6.31. The van der Waals surface area contributed by atoms with Gasteiger partial charge in [0.1, 0.15) is 5.52 Å². The summed E-state index contributed by atoms with van der Waals surface area (Å²) in [7, 11) is 0. The molecule has 0 aliphatic carbocycles. The van der Waals surface area contributed by atoms with E-state index >= 15 is 0 Å². The monoisotopic (exact) mass is 409 g/mol. The molecule has 29 heavy (non-hydrogen) atoms. The number of rotatable bonds is 2. The third kappa shape index (κ3) is 2.94. The fraction of sp³-hybridized carbons (Fsp3) is 0.318. The molecule has 0 radical (unpaired) electrons. The van der Waals surface area contributed by atoms with Gasteiger partial charge in [0.2, 0.25) is 11.3 Å². The summed E-state index contributed by atoms with van der Waals surface area (Å²) in [6.45, 7) is 6.88. The summed E-state index contributed by atoms with van der Waals surface area (Å²) in [5.74, 6) is 0. The quantitative estimate of drug-likeness (QED) is 0.490. The molecule has 0 bridgehead atoms. The molecule has 7 heteroatoms. The topological polar surface area (TPSA) is 70.2 Å². The van der Waals surface area contributed by atoms with E-state index in [1.807, 2.05) is 25.1 Å². The normalized spacial score (nSPS) is 15.7. The lowest BCUT2D eigenvalue weighted by Crippen LogP contribution is -2.32. The molecule has 0 saturated heterocycles. The molecule has 148 valence electrons. The van der Waals surface area contributed by atoms with E-state index in [2.05, 4.69) is 23.8 Å². The summed E-state index contributed by atoms with van der Waals surface area (Å²) < 4.78 is 13.4. The van der Waals surface area contributed by atoms with E-state index < -0.39 is 0 Å². The van der Waals surface area contributed by atoms with E-state index in [0.29, 0.717) is 35.8 Å². The van der Waals surface area contributed by atoms with Gasteiger partial charge in [-0.1, -0.05) is 29.8 Å². The number of furan rings is 1. The van der Waals surface area contributed by atoms with Crippen LogP contribution in [0, 0.1) is 6.92 Å². The predicted molar refractivity (Wildman–Crippen MR) is 111 cm³/mol. The SMILES string of the molecule is Cc1nc2oc3c(=O)n(Cc4ccccc4Cl)cnc3c2c2c1COC(C)(C)C2. The minimum absolute atomic E-state index is 0.221. The van der Waals surface area contributed by atoms with Gasteiger partial charge in [-0.05, 0) is 38.0 Å². The second-order valence-corrected chi connectivity index (χ2v) is 8.52. The molecule has 0 unspecified atom stereocenters. The maximum absolute atomic E-state index is 13.1. The van der Waals surface area contributed by atoms with Crippen LogP contribution >= 0.6 is 11.6 Å². The molecule has 1 aliphatic heterocycles. The first kappa shape index (κ1) is 18.3.